The smallest absolute Gasteiger partial charge is 0.139 e. The topological polar surface area (TPSA) is 17.8 Å². The minimum absolute atomic E-state index is 0.243. The SMILES string of the molecule is CSC1(Cn2c(CCCl)nc3cc(Br)c(F)cc32)CCC1. The van der Waals surface area contributed by atoms with Gasteiger partial charge in [0.05, 0.1) is 15.5 Å². The Hall–Kier alpha value is -0.260. The molecule has 1 aliphatic rings. The van der Waals surface area contributed by atoms with Crippen LogP contribution in [0.2, 0.25) is 0 Å². The van der Waals surface area contributed by atoms with Crippen LogP contribution in [0.3, 0.4) is 0 Å². The quantitative estimate of drug-likeness (QED) is 0.667. The number of hydrogen-bond acceptors (Lipinski definition) is 2. The minimum atomic E-state index is -0.243. The molecule has 114 valence electrons. The van der Waals surface area contributed by atoms with Gasteiger partial charge in [0, 0.05) is 29.7 Å². The summed E-state index contributed by atoms with van der Waals surface area (Å²) in [5.74, 6) is 1.24. The summed E-state index contributed by atoms with van der Waals surface area (Å²) >= 11 is 11.1. The number of aryl methyl sites for hydroxylation is 1. The third-order valence-electron chi connectivity index (χ3n) is 4.33. The summed E-state index contributed by atoms with van der Waals surface area (Å²) in [6.45, 7) is 0.887. The molecule has 0 bridgehead atoms. The van der Waals surface area contributed by atoms with Crippen LogP contribution in [-0.2, 0) is 13.0 Å². The van der Waals surface area contributed by atoms with E-state index in [1.54, 1.807) is 12.1 Å². The lowest BCUT2D eigenvalue weighted by atomic mass is 9.84. The number of fused-ring (bicyclic) bond motifs is 1. The van der Waals surface area contributed by atoms with Crippen LogP contribution in [-0.4, -0.2) is 26.4 Å². The van der Waals surface area contributed by atoms with Crippen molar-refractivity contribution < 1.29 is 4.39 Å². The van der Waals surface area contributed by atoms with Crippen molar-refractivity contribution in [3.63, 3.8) is 0 Å². The lowest BCUT2D eigenvalue weighted by Crippen LogP contribution is -2.38. The summed E-state index contributed by atoms with van der Waals surface area (Å²) in [5, 5.41) is 0. The van der Waals surface area contributed by atoms with Gasteiger partial charge in [0.1, 0.15) is 11.6 Å². The predicted molar refractivity (Wildman–Crippen MR) is 91.9 cm³/mol. The Morgan fingerprint density at radius 1 is 1.48 bits per heavy atom. The molecule has 1 aromatic carbocycles. The largest absolute Gasteiger partial charge is 0.326 e. The molecule has 3 rings (SSSR count). The fraction of sp³-hybridized carbons (Fsp3) is 0.533. The highest BCUT2D eigenvalue weighted by Crippen LogP contribution is 2.45. The Morgan fingerprint density at radius 3 is 2.81 bits per heavy atom. The van der Waals surface area contributed by atoms with Gasteiger partial charge in [0.25, 0.3) is 0 Å². The van der Waals surface area contributed by atoms with Gasteiger partial charge < -0.3 is 4.57 Å². The van der Waals surface area contributed by atoms with E-state index in [9.17, 15) is 4.39 Å². The number of thioether (sulfide) groups is 1. The lowest BCUT2D eigenvalue weighted by Gasteiger charge is -2.41. The average Bonchev–Trinajstić information content (AvgIpc) is 2.72. The first-order valence-electron chi connectivity index (χ1n) is 7.04. The normalized spacial score (nSPS) is 17.1. The van der Waals surface area contributed by atoms with Crippen LogP contribution in [0.25, 0.3) is 11.0 Å². The molecule has 2 nitrogen and oxygen atoms in total. The second-order valence-electron chi connectivity index (χ2n) is 5.55. The lowest BCUT2D eigenvalue weighted by molar-refractivity contribution is 0.321. The standard InChI is InChI=1S/C15H17BrClFN2S/c1-21-15(4-2-5-15)9-20-13-8-11(18)10(16)7-12(13)19-14(20)3-6-17/h7-8H,2-6,9H2,1H3. The molecular weight excluding hydrogens is 375 g/mol. The second kappa shape index (κ2) is 6.09. The Balaban J connectivity index is 2.09. The molecule has 0 saturated heterocycles. The van der Waals surface area contributed by atoms with Crippen molar-refractivity contribution >= 4 is 50.3 Å². The van der Waals surface area contributed by atoms with Gasteiger partial charge >= 0.3 is 0 Å². The van der Waals surface area contributed by atoms with Crippen LogP contribution in [0.4, 0.5) is 4.39 Å². The highest BCUT2D eigenvalue weighted by molar-refractivity contribution is 9.10. The first-order chi connectivity index (χ1) is 10.1. The van der Waals surface area contributed by atoms with Crippen molar-refractivity contribution in [2.24, 2.45) is 0 Å². The van der Waals surface area contributed by atoms with Gasteiger partial charge in [-0.25, -0.2) is 9.37 Å². The van der Waals surface area contributed by atoms with E-state index in [0.29, 0.717) is 16.8 Å². The van der Waals surface area contributed by atoms with Crippen molar-refractivity contribution in [3.8, 4) is 0 Å². The number of nitrogens with zero attached hydrogens (tertiary/aromatic N) is 2. The number of alkyl halides is 1. The molecule has 1 heterocycles. The Bertz CT molecular complexity index is 664. The van der Waals surface area contributed by atoms with Gasteiger partial charge in [-0.15, -0.1) is 11.6 Å². The fourth-order valence-corrected chi connectivity index (χ4v) is 4.36. The molecule has 1 aliphatic carbocycles. The molecule has 0 spiro atoms. The Morgan fingerprint density at radius 2 is 2.24 bits per heavy atom. The molecule has 1 aromatic heterocycles. The van der Waals surface area contributed by atoms with E-state index in [-0.39, 0.29) is 10.6 Å². The number of aromatic nitrogens is 2. The summed E-state index contributed by atoms with van der Waals surface area (Å²) < 4.78 is 16.8. The molecule has 0 amide bonds. The van der Waals surface area contributed by atoms with Crippen LogP contribution in [0, 0.1) is 5.82 Å². The molecule has 0 aliphatic heterocycles. The van der Waals surface area contributed by atoms with Gasteiger partial charge in [0.2, 0.25) is 0 Å². The van der Waals surface area contributed by atoms with Crippen molar-refractivity contribution in [2.45, 2.75) is 37.0 Å². The summed E-state index contributed by atoms with van der Waals surface area (Å²) in [6, 6.07) is 3.34. The minimum Gasteiger partial charge on any atom is -0.326 e. The highest BCUT2D eigenvalue weighted by Gasteiger charge is 2.37. The molecule has 2 aromatic rings. The highest BCUT2D eigenvalue weighted by atomic mass is 79.9. The third kappa shape index (κ3) is 2.84. The van der Waals surface area contributed by atoms with E-state index in [1.165, 1.54) is 19.3 Å². The van der Waals surface area contributed by atoms with Gasteiger partial charge in [-0.1, -0.05) is 6.42 Å². The van der Waals surface area contributed by atoms with Crippen LogP contribution in [0.1, 0.15) is 25.1 Å². The summed E-state index contributed by atoms with van der Waals surface area (Å²) in [5.41, 5.74) is 1.70. The zero-order valence-corrected chi connectivity index (χ0v) is 15.0. The number of rotatable bonds is 5. The third-order valence-corrected chi connectivity index (χ3v) is 6.53. The van der Waals surface area contributed by atoms with Crippen LogP contribution < -0.4 is 0 Å². The van der Waals surface area contributed by atoms with E-state index in [0.717, 1.165) is 23.4 Å². The molecule has 0 radical (unpaired) electrons. The fourth-order valence-electron chi connectivity index (χ4n) is 2.91. The maximum Gasteiger partial charge on any atom is 0.139 e. The Kier molecular flexibility index (Phi) is 4.53. The molecule has 1 saturated carbocycles. The average molecular weight is 392 g/mol. The van der Waals surface area contributed by atoms with Crippen molar-refractivity contribution in [2.75, 3.05) is 12.1 Å². The van der Waals surface area contributed by atoms with Gasteiger partial charge in [-0.05, 0) is 41.1 Å². The maximum atomic E-state index is 13.9. The van der Waals surface area contributed by atoms with Crippen LogP contribution in [0.15, 0.2) is 16.6 Å². The summed E-state index contributed by atoms with van der Waals surface area (Å²) in [7, 11) is 0. The van der Waals surface area contributed by atoms with Crippen molar-refractivity contribution in [3.05, 3.63) is 28.2 Å². The zero-order chi connectivity index (χ0) is 15.0. The molecular formula is C15H17BrClFN2S. The second-order valence-corrected chi connectivity index (χ2v) is 8.06. The number of hydrogen-bond donors (Lipinski definition) is 0. The van der Waals surface area contributed by atoms with E-state index >= 15 is 0 Å². The first-order valence-corrected chi connectivity index (χ1v) is 9.59. The number of imidazole rings is 1. The Labute approximate surface area is 141 Å². The molecule has 1 fully saturated rings. The number of halogens is 3. The monoisotopic (exact) mass is 390 g/mol. The maximum absolute atomic E-state index is 13.9. The van der Waals surface area contributed by atoms with E-state index in [4.69, 9.17) is 11.6 Å². The van der Waals surface area contributed by atoms with Gasteiger partial charge in [-0.2, -0.15) is 11.8 Å². The molecule has 0 N–H and O–H groups in total. The molecule has 21 heavy (non-hydrogen) atoms. The van der Waals surface area contributed by atoms with Crippen LogP contribution in [0.5, 0.6) is 0 Å². The summed E-state index contributed by atoms with van der Waals surface area (Å²) in [4.78, 5) is 4.65. The van der Waals surface area contributed by atoms with Crippen molar-refractivity contribution in [1.82, 2.24) is 9.55 Å². The van der Waals surface area contributed by atoms with Gasteiger partial charge in [-0.3, -0.25) is 0 Å². The molecule has 0 atom stereocenters. The van der Waals surface area contributed by atoms with E-state index in [2.05, 4.69) is 31.7 Å². The van der Waals surface area contributed by atoms with E-state index < -0.39 is 0 Å². The summed E-state index contributed by atoms with van der Waals surface area (Å²) in [6.07, 6.45) is 6.58. The van der Waals surface area contributed by atoms with Crippen molar-refractivity contribution in [1.29, 1.82) is 0 Å². The number of benzene rings is 1. The zero-order valence-electron chi connectivity index (χ0n) is 11.8. The van der Waals surface area contributed by atoms with E-state index in [1.807, 2.05) is 11.8 Å². The molecule has 0 unspecified atom stereocenters. The van der Waals surface area contributed by atoms with Crippen LogP contribution >= 0.6 is 39.3 Å². The first kappa shape index (κ1) is 15.6. The molecule has 6 heteroatoms. The van der Waals surface area contributed by atoms with Gasteiger partial charge in [0.15, 0.2) is 0 Å². The predicted octanol–water partition coefficient (Wildman–Crippen LogP) is 5.00.